The number of ether oxygens (including phenoxy) is 2. The van der Waals surface area contributed by atoms with Crippen LogP contribution >= 0.6 is 0 Å². The van der Waals surface area contributed by atoms with E-state index >= 15 is 0 Å². The zero-order chi connectivity index (χ0) is 21.3. The van der Waals surface area contributed by atoms with E-state index in [1.165, 1.54) is 7.11 Å². The van der Waals surface area contributed by atoms with E-state index in [0.29, 0.717) is 24.1 Å². The summed E-state index contributed by atoms with van der Waals surface area (Å²) in [6.45, 7) is -0.149. The summed E-state index contributed by atoms with van der Waals surface area (Å²) >= 11 is 0. The van der Waals surface area contributed by atoms with Crippen LogP contribution in [0.5, 0.6) is 11.5 Å². The molecule has 1 aliphatic rings. The molecule has 0 aliphatic heterocycles. The van der Waals surface area contributed by atoms with Crippen molar-refractivity contribution in [2.24, 2.45) is 5.73 Å². The van der Waals surface area contributed by atoms with Crippen molar-refractivity contribution in [2.45, 2.75) is 31.7 Å². The molecule has 3 N–H and O–H groups in total. The first-order chi connectivity index (χ1) is 14.5. The second-order valence-corrected chi connectivity index (χ2v) is 7.43. The number of methoxy groups -OCH3 is 1. The molecule has 1 aromatic heterocycles. The number of amides is 1. The highest BCUT2D eigenvalue weighted by Gasteiger charge is 2.33. The fourth-order valence-corrected chi connectivity index (χ4v) is 4.34. The predicted octanol–water partition coefficient (Wildman–Crippen LogP) is 2.50. The molecule has 0 bridgehead atoms. The van der Waals surface area contributed by atoms with Crippen LogP contribution in [0.1, 0.15) is 35.6 Å². The van der Waals surface area contributed by atoms with E-state index < -0.39 is 24.4 Å². The minimum atomic E-state index is -0.777. The normalized spacial score (nSPS) is 15.6. The Morgan fingerprint density at radius 3 is 2.67 bits per heavy atom. The van der Waals surface area contributed by atoms with E-state index in [-0.39, 0.29) is 5.75 Å². The third-order valence-electron chi connectivity index (χ3n) is 5.62. The molecule has 7 heteroatoms. The number of primary amides is 1. The van der Waals surface area contributed by atoms with Gasteiger partial charge in [0.1, 0.15) is 18.1 Å². The van der Waals surface area contributed by atoms with Crippen LogP contribution in [0, 0.1) is 0 Å². The minimum Gasteiger partial charge on any atom is -0.497 e. The number of aromatic nitrogens is 1. The zero-order valence-electron chi connectivity index (χ0n) is 16.8. The van der Waals surface area contributed by atoms with Gasteiger partial charge in [-0.25, -0.2) is 4.79 Å². The van der Waals surface area contributed by atoms with Crippen LogP contribution in [0.3, 0.4) is 0 Å². The van der Waals surface area contributed by atoms with Crippen molar-refractivity contribution in [3.05, 3.63) is 59.3 Å². The van der Waals surface area contributed by atoms with Gasteiger partial charge in [-0.2, -0.15) is 0 Å². The quantitative estimate of drug-likeness (QED) is 0.482. The third kappa shape index (κ3) is 3.52. The Kier molecular flexibility index (Phi) is 5.46. The van der Waals surface area contributed by atoms with Crippen molar-refractivity contribution in [3.63, 3.8) is 0 Å². The number of aliphatic hydroxyl groups excluding tert-OH is 1. The van der Waals surface area contributed by atoms with Crippen molar-refractivity contribution in [1.29, 1.82) is 0 Å². The molecule has 1 heterocycles. The average molecular weight is 408 g/mol. The fourth-order valence-electron chi connectivity index (χ4n) is 4.34. The molecule has 1 atom stereocenters. The van der Waals surface area contributed by atoms with Gasteiger partial charge in [-0.05, 0) is 30.4 Å². The molecule has 4 rings (SSSR count). The summed E-state index contributed by atoms with van der Waals surface area (Å²) in [4.78, 5) is 24.2. The Labute approximate surface area is 174 Å². The number of nitrogens with two attached hydrogens (primary N) is 1. The van der Waals surface area contributed by atoms with Gasteiger partial charge in [-0.1, -0.05) is 30.3 Å². The lowest BCUT2D eigenvalue weighted by Crippen LogP contribution is -2.25. The Morgan fingerprint density at radius 1 is 1.23 bits per heavy atom. The lowest BCUT2D eigenvalue weighted by atomic mass is 9.84. The van der Waals surface area contributed by atoms with E-state index in [1.807, 2.05) is 36.4 Å². The number of hydrogen-bond acceptors (Lipinski definition) is 5. The van der Waals surface area contributed by atoms with E-state index in [2.05, 4.69) is 4.57 Å². The number of rotatable bonds is 6. The van der Waals surface area contributed by atoms with Gasteiger partial charge >= 0.3 is 5.97 Å². The lowest BCUT2D eigenvalue weighted by Gasteiger charge is -2.22. The monoisotopic (exact) mass is 408 g/mol. The number of aliphatic hydroxyl groups is 1. The number of benzene rings is 2. The maximum absolute atomic E-state index is 12.3. The molecule has 156 valence electrons. The Morgan fingerprint density at radius 2 is 2.00 bits per heavy atom. The van der Waals surface area contributed by atoms with Crippen LogP contribution in [0.2, 0.25) is 0 Å². The summed E-state index contributed by atoms with van der Waals surface area (Å²) in [6, 6.07) is 13.5. The first-order valence-electron chi connectivity index (χ1n) is 9.91. The molecule has 2 aromatic carbocycles. The Balaban J connectivity index is 2.01. The summed E-state index contributed by atoms with van der Waals surface area (Å²) in [5.74, 6) is -0.860. The van der Waals surface area contributed by atoms with Crippen LogP contribution in [0.25, 0.3) is 10.9 Å². The molecule has 1 aliphatic carbocycles. The molecule has 7 nitrogen and oxygen atoms in total. The number of esters is 1. The SMILES string of the molecule is COc1cc(OC(=O)CO)c2c3c(n(Cc4ccccc4)c2c1)CCCC3C(N)=O. The fraction of sp³-hybridized carbons (Fsp3) is 0.304. The summed E-state index contributed by atoms with van der Waals surface area (Å²) < 4.78 is 13.0. The van der Waals surface area contributed by atoms with Crippen LogP contribution in [-0.2, 0) is 22.6 Å². The second-order valence-electron chi connectivity index (χ2n) is 7.43. The van der Waals surface area contributed by atoms with E-state index in [4.69, 9.17) is 15.2 Å². The third-order valence-corrected chi connectivity index (χ3v) is 5.62. The largest absolute Gasteiger partial charge is 0.497 e. The van der Waals surface area contributed by atoms with Gasteiger partial charge in [0.05, 0.1) is 18.5 Å². The van der Waals surface area contributed by atoms with Crippen molar-refractivity contribution in [3.8, 4) is 11.5 Å². The molecule has 0 radical (unpaired) electrons. The molecule has 1 unspecified atom stereocenters. The number of fused-ring (bicyclic) bond motifs is 3. The lowest BCUT2D eigenvalue weighted by molar-refractivity contribution is -0.137. The van der Waals surface area contributed by atoms with E-state index in [0.717, 1.165) is 35.2 Å². The van der Waals surface area contributed by atoms with Gasteiger partial charge < -0.3 is 24.9 Å². The first-order valence-corrected chi connectivity index (χ1v) is 9.91. The maximum Gasteiger partial charge on any atom is 0.337 e. The van der Waals surface area contributed by atoms with Gasteiger partial charge in [0, 0.05) is 29.8 Å². The summed E-state index contributed by atoms with van der Waals surface area (Å²) in [5.41, 5.74) is 9.48. The van der Waals surface area contributed by atoms with Crippen LogP contribution in [-0.4, -0.2) is 35.3 Å². The average Bonchev–Trinajstić information content (AvgIpc) is 3.08. The standard InChI is InChI=1S/C23H24N2O5/c1-29-15-10-18-22(19(11-15)30-20(27)13-26)21-16(23(24)28)8-5-9-17(21)25(18)12-14-6-3-2-4-7-14/h2-4,6-7,10-11,16,26H,5,8-9,12-13H2,1H3,(H2,24,28). The van der Waals surface area contributed by atoms with Crippen molar-refractivity contribution >= 4 is 22.8 Å². The molecule has 3 aromatic rings. The van der Waals surface area contributed by atoms with Gasteiger partial charge in [-0.3, -0.25) is 4.79 Å². The number of carbonyl (C=O) groups is 2. The first kappa shape index (κ1) is 20.0. The number of nitrogens with zero attached hydrogens (tertiary/aromatic N) is 1. The molecular weight excluding hydrogens is 384 g/mol. The van der Waals surface area contributed by atoms with Crippen LogP contribution in [0.4, 0.5) is 0 Å². The number of hydrogen-bond donors (Lipinski definition) is 2. The Bertz CT molecular complexity index is 1100. The topological polar surface area (TPSA) is 104 Å². The van der Waals surface area contributed by atoms with Gasteiger partial charge in [0.15, 0.2) is 0 Å². The molecular formula is C23H24N2O5. The zero-order valence-corrected chi connectivity index (χ0v) is 16.8. The predicted molar refractivity (Wildman–Crippen MR) is 112 cm³/mol. The van der Waals surface area contributed by atoms with Gasteiger partial charge in [-0.15, -0.1) is 0 Å². The van der Waals surface area contributed by atoms with Crippen molar-refractivity contribution < 1.29 is 24.2 Å². The molecule has 0 saturated carbocycles. The highest BCUT2D eigenvalue weighted by atomic mass is 16.5. The smallest absolute Gasteiger partial charge is 0.337 e. The summed E-state index contributed by atoms with van der Waals surface area (Å²) in [7, 11) is 1.54. The molecule has 0 fully saturated rings. The number of carbonyl (C=O) groups excluding carboxylic acids is 2. The van der Waals surface area contributed by atoms with Crippen LogP contribution < -0.4 is 15.2 Å². The van der Waals surface area contributed by atoms with Gasteiger partial charge in [0.25, 0.3) is 0 Å². The van der Waals surface area contributed by atoms with E-state index in [1.54, 1.807) is 6.07 Å². The molecule has 30 heavy (non-hydrogen) atoms. The highest BCUT2D eigenvalue weighted by Crippen LogP contribution is 2.45. The summed E-state index contributed by atoms with van der Waals surface area (Å²) in [6.07, 6.45) is 2.27. The molecule has 1 amide bonds. The van der Waals surface area contributed by atoms with Gasteiger partial charge in [0.2, 0.25) is 5.91 Å². The van der Waals surface area contributed by atoms with Crippen molar-refractivity contribution in [1.82, 2.24) is 4.57 Å². The molecule has 0 spiro atoms. The molecule has 0 saturated heterocycles. The van der Waals surface area contributed by atoms with Crippen LogP contribution in [0.15, 0.2) is 42.5 Å². The minimum absolute atomic E-state index is 0.264. The highest BCUT2D eigenvalue weighted by molar-refractivity contribution is 5.99. The van der Waals surface area contributed by atoms with E-state index in [9.17, 15) is 14.7 Å². The Hall–Kier alpha value is -3.32. The summed E-state index contributed by atoms with van der Waals surface area (Å²) in [5, 5.41) is 9.86. The maximum atomic E-state index is 12.3. The van der Waals surface area contributed by atoms with Crippen molar-refractivity contribution in [2.75, 3.05) is 13.7 Å². The second kappa shape index (κ2) is 8.20.